The van der Waals surface area contributed by atoms with Gasteiger partial charge in [-0.15, -0.1) is 0 Å². The van der Waals surface area contributed by atoms with Crippen LogP contribution in [0.4, 0.5) is 0 Å². The summed E-state index contributed by atoms with van der Waals surface area (Å²) in [7, 11) is 0. The molecule has 16 heavy (non-hydrogen) atoms. The Hall–Kier alpha value is -1.33. The molecule has 1 aromatic heterocycles. The van der Waals surface area contributed by atoms with Gasteiger partial charge >= 0.3 is 5.97 Å². The summed E-state index contributed by atoms with van der Waals surface area (Å²) in [5, 5.41) is 12.8. The number of carboxylic acids is 1. The van der Waals surface area contributed by atoms with E-state index < -0.39 is 5.97 Å². The maximum absolute atomic E-state index is 10.8. The number of halogens is 2. The Kier molecular flexibility index (Phi) is 2.98. The van der Waals surface area contributed by atoms with Gasteiger partial charge in [0.25, 0.3) is 0 Å². The van der Waals surface area contributed by atoms with Gasteiger partial charge in [-0.25, -0.2) is 9.48 Å². The van der Waals surface area contributed by atoms with Crippen LogP contribution in [0.15, 0.2) is 34.9 Å². The van der Waals surface area contributed by atoms with Crippen LogP contribution in [-0.2, 0) is 0 Å². The number of aromatic nitrogens is 2. The summed E-state index contributed by atoms with van der Waals surface area (Å²) in [4.78, 5) is 10.8. The highest BCUT2D eigenvalue weighted by Crippen LogP contribution is 2.21. The van der Waals surface area contributed by atoms with Crippen LogP contribution in [0.2, 0.25) is 5.15 Å². The highest BCUT2D eigenvalue weighted by atomic mass is 79.9. The van der Waals surface area contributed by atoms with E-state index >= 15 is 0 Å². The van der Waals surface area contributed by atoms with E-state index in [-0.39, 0.29) is 10.7 Å². The molecule has 0 aliphatic rings. The van der Waals surface area contributed by atoms with Crippen LogP contribution in [0.5, 0.6) is 0 Å². The first kappa shape index (κ1) is 11.2. The second-order valence-corrected chi connectivity index (χ2v) is 4.32. The number of hydrogen-bond acceptors (Lipinski definition) is 2. The quantitative estimate of drug-likeness (QED) is 0.927. The summed E-state index contributed by atoms with van der Waals surface area (Å²) in [5.41, 5.74) is 0.699. The van der Waals surface area contributed by atoms with Crippen molar-refractivity contribution in [2.45, 2.75) is 0 Å². The first-order valence-electron chi connectivity index (χ1n) is 4.32. The van der Waals surface area contributed by atoms with Crippen LogP contribution in [0.3, 0.4) is 0 Å². The van der Waals surface area contributed by atoms with Crippen LogP contribution >= 0.6 is 27.5 Å². The summed E-state index contributed by atoms with van der Waals surface area (Å²) in [5.74, 6) is -1.09. The Morgan fingerprint density at radius 3 is 2.50 bits per heavy atom. The number of benzene rings is 1. The first-order valence-corrected chi connectivity index (χ1v) is 5.49. The Balaban J connectivity index is 2.49. The normalized spacial score (nSPS) is 10.4. The largest absolute Gasteiger partial charge is 0.478 e. The van der Waals surface area contributed by atoms with E-state index in [1.807, 2.05) is 12.1 Å². The van der Waals surface area contributed by atoms with Gasteiger partial charge < -0.3 is 5.11 Å². The maximum atomic E-state index is 10.8. The molecule has 2 rings (SSSR count). The molecule has 0 aliphatic carbocycles. The molecule has 0 atom stereocenters. The fraction of sp³-hybridized carbons (Fsp3) is 0. The molecule has 0 radical (unpaired) electrons. The van der Waals surface area contributed by atoms with E-state index in [4.69, 9.17) is 16.7 Å². The van der Waals surface area contributed by atoms with Crippen molar-refractivity contribution in [1.82, 2.24) is 9.78 Å². The minimum absolute atomic E-state index is 0.00964. The van der Waals surface area contributed by atoms with Gasteiger partial charge in [-0.1, -0.05) is 27.5 Å². The highest BCUT2D eigenvalue weighted by molar-refractivity contribution is 9.10. The van der Waals surface area contributed by atoms with Gasteiger partial charge in [-0.05, 0) is 24.3 Å². The van der Waals surface area contributed by atoms with Crippen LogP contribution < -0.4 is 0 Å². The van der Waals surface area contributed by atoms with Crippen molar-refractivity contribution >= 4 is 33.5 Å². The molecule has 0 saturated carbocycles. The molecule has 0 amide bonds. The van der Waals surface area contributed by atoms with E-state index in [1.54, 1.807) is 12.1 Å². The molecule has 1 heterocycles. The average Bonchev–Trinajstić information content (AvgIpc) is 2.61. The summed E-state index contributed by atoms with van der Waals surface area (Å²) < 4.78 is 2.30. The molecule has 0 aliphatic heterocycles. The third-order valence-electron chi connectivity index (χ3n) is 2.01. The maximum Gasteiger partial charge on any atom is 0.340 e. The van der Waals surface area contributed by atoms with Gasteiger partial charge in [0.1, 0.15) is 10.7 Å². The SMILES string of the molecule is O=C(O)c1cnn(-c2ccc(Br)cc2)c1Cl. The van der Waals surface area contributed by atoms with Crippen molar-refractivity contribution in [2.24, 2.45) is 0 Å². The minimum atomic E-state index is -1.09. The molecular formula is C10H6BrClN2O2. The number of carbonyl (C=O) groups is 1. The van der Waals surface area contributed by atoms with Crippen molar-refractivity contribution in [3.05, 3.63) is 45.7 Å². The van der Waals surface area contributed by atoms with E-state index in [1.165, 1.54) is 10.9 Å². The fourth-order valence-electron chi connectivity index (χ4n) is 1.24. The van der Waals surface area contributed by atoms with Crippen molar-refractivity contribution in [3.63, 3.8) is 0 Å². The smallest absolute Gasteiger partial charge is 0.340 e. The Morgan fingerprint density at radius 2 is 2.00 bits per heavy atom. The zero-order valence-electron chi connectivity index (χ0n) is 7.89. The second-order valence-electron chi connectivity index (χ2n) is 3.04. The lowest BCUT2D eigenvalue weighted by molar-refractivity contribution is 0.0697. The van der Waals surface area contributed by atoms with Gasteiger partial charge in [-0.3, -0.25) is 0 Å². The van der Waals surface area contributed by atoms with Gasteiger partial charge in [0, 0.05) is 4.47 Å². The number of carboxylic acid groups (broad SMARTS) is 1. The molecule has 1 N–H and O–H groups in total. The fourth-order valence-corrected chi connectivity index (χ4v) is 1.77. The predicted molar refractivity (Wildman–Crippen MR) is 63.2 cm³/mol. The molecule has 2 aromatic rings. The van der Waals surface area contributed by atoms with Gasteiger partial charge in [0.15, 0.2) is 0 Å². The third-order valence-corrected chi connectivity index (χ3v) is 2.90. The van der Waals surface area contributed by atoms with Crippen LogP contribution in [0.25, 0.3) is 5.69 Å². The van der Waals surface area contributed by atoms with Gasteiger partial charge in [0.05, 0.1) is 11.9 Å². The van der Waals surface area contributed by atoms with Crippen molar-refractivity contribution in [3.8, 4) is 5.69 Å². The predicted octanol–water partition coefficient (Wildman–Crippen LogP) is 2.99. The third kappa shape index (κ3) is 1.96. The molecular weight excluding hydrogens is 295 g/mol. The minimum Gasteiger partial charge on any atom is -0.478 e. The summed E-state index contributed by atoms with van der Waals surface area (Å²) >= 11 is 9.21. The van der Waals surface area contributed by atoms with Crippen LogP contribution in [0.1, 0.15) is 10.4 Å². The number of aromatic carboxylic acids is 1. The van der Waals surface area contributed by atoms with Gasteiger partial charge in [0.2, 0.25) is 0 Å². The zero-order valence-corrected chi connectivity index (χ0v) is 10.2. The lowest BCUT2D eigenvalue weighted by atomic mass is 10.3. The van der Waals surface area contributed by atoms with E-state index in [9.17, 15) is 4.79 Å². The molecule has 6 heteroatoms. The monoisotopic (exact) mass is 300 g/mol. The molecule has 0 saturated heterocycles. The molecule has 82 valence electrons. The van der Waals surface area contributed by atoms with Gasteiger partial charge in [-0.2, -0.15) is 5.10 Å². The van der Waals surface area contributed by atoms with Crippen molar-refractivity contribution in [2.75, 3.05) is 0 Å². The van der Waals surface area contributed by atoms with Crippen molar-refractivity contribution < 1.29 is 9.90 Å². The topological polar surface area (TPSA) is 55.1 Å². The highest BCUT2D eigenvalue weighted by Gasteiger charge is 2.15. The molecule has 0 fully saturated rings. The Bertz CT molecular complexity index is 536. The first-order chi connectivity index (χ1) is 7.59. The van der Waals surface area contributed by atoms with E-state index in [0.29, 0.717) is 5.69 Å². The second kappa shape index (κ2) is 4.27. The van der Waals surface area contributed by atoms with E-state index in [0.717, 1.165) is 4.47 Å². The van der Waals surface area contributed by atoms with Crippen molar-refractivity contribution in [1.29, 1.82) is 0 Å². The lowest BCUT2D eigenvalue weighted by Gasteiger charge is -2.02. The summed E-state index contributed by atoms with van der Waals surface area (Å²) in [6.07, 6.45) is 1.23. The molecule has 0 bridgehead atoms. The molecule has 0 unspecified atom stereocenters. The lowest BCUT2D eigenvalue weighted by Crippen LogP contribution is -1.98. The standard InChI is InChI=1S/C10H6BrClN2O2/c11-6-1-3-7(4-2-6)14-9(12)8(5-13-14)10(15)16/h1-5H,(H,15,16). The summed E-state index contributed by atoms with van der Waals surface area (Å²) in [6.45, 7) is 0. The number of nitrogens with zero attached hydrogens (tertiary/aromatic N) is 2. The molecule has 0 spiro atoms. The molecule has 4 nitrogen and oxygen atoms in total. The Morgan fingerprint density at radius 1 is 1.38 bits per heavy atom. The number of hydrogen-bond donors (Lipinski definition) is 1. The van der Waals surface area contributed by atoms with Crippen LogP contribution in [-0.4, -0.2) is 20.9 Å². The molecule has 1 aromatic carbocycles. The number of rotatable bonds is 2. The van der Waals surface area contributed by atoms with E-state index in [2.05, 4.69) is 21.0 Å². The summed E-state index contributed by atoms with van der Waals surface area (Å²) in [6, 6.07) is 7.23. The average molecular weight is 302 g/mol. The Labute approximate surface area is 105 Å². The zero-order chi connectivity index (χ0) is 11.7. The van der Waals surface area contributed by atoms with Crippen LogP contribution in [0, 0.1) is 0 Å².